The zero-order valence-corrected chi connectivity index (χ0v) is 11.5. The van der Waals surface area contributed by atoms with E-state index in [0.29, 0.717) is 12.8 Å². The Balaban J connectivity index is 2.23. The van der Waals surface area contributed by atoms with E-state index in [2.05, 4.69) is 0 Å². The van der Waals surface area contributed by atoms with Gasteiger partial charge < -0.3 is 0 Å². The SMILES string of the molecule is Cc1ccccc1CS(=O)(=O)C1CCC(=O)C1C. The van der Waals surface area contributed by atoms with Crippen LogP contribution in [0.4, 0.5) is 0 Å². The first kappa shape index (κ1) is 13.3. The lowest BCUT2D eigenvalue weighted by molar-refractivity contribution is -0.120. The van der Waals surface area contributed by atoms with E-state index in [1.165, 1.54) is 0 Å². The van der Waals surface area contributed by atoms with Crippen LogP contribution in [0.2, 0.25) is 0 Å². The van der Waals surface area contributed by atoms with Crippen LogP contribution in [0.25, 0.3) is 0 Å². The van der Waals surface area contributed by atoms with E-state index in [1.54, 1.807) is 6.92 Å². The third-order valence-electron chi connectivity index (χ3n) is 3.82. The van der Waals surface area contributed by atoms with Crippen molar-refractivity contribution >= 4 is 15.6 Å². The predicted molar refractivity (Wildman–Crippen MR) is 71.0 cm³/mol. The lowest BCUT2D eigenvalue weighted by Gasteiger charge is -2.16. The molecule has 0 bridgehead atoms. The molecule has 1 aliphatic carbocycles. The van der Waals surface area contributed by atoms with Crippen LogP contribution in [0.1, 0.15) is 30.9 Å². The Morgan fingerprint density at radius 1 is 1.28 bits per heavy atom. The number of ketones is 1. The fourth-order valence-corrected chi connectivity index (χ4v) is 4.78. The maximum absolute atomic E-state index is 12.4. The van der Waals surface area contributed by atoms with Gasteiger partial charge in [0.1, 0.15) is 5.78 Å². The first-order valence-electron chi connectivity index (χ1n) is 6.20. The van der Waals surface area contributed by atoms with Crippen LogP contribution in [0.15, 0.2) is 24.3 Å². The molecule has 0 aliphatic heterocycles. The van der Waals surface area contributed by atoms with Gasteiger partial charge in [0, 0.05) is 12.3 Å². The lowest BCUT2D eigenvalue weighted by atomic mass is 10.1. The van der Waals surface area contributed by atoms with Gasteiger partial charge in [-0.1, -0.05) is 31.2 Å². The van der Waals surface area contributed by atoms with Gasteiger partial charge in [-0.3, -0.25) is 4.79 Å². The number of carbonyl (C=O) groups excluding carboxylic acids is 1. The summed E-state index contributed by atoms with van der Waals surface area (Å²) in [6, 6.07) is 7.50. The molecule has 0 saturated heterocycles. The van der Waals surface area contributed by atoms with Gasteiger partial charge in [0.2, 0.25) is 0 Å². The van der Waals surface area contributed by atoms with E-state index in [9.17, 15) is 13.2 Å². The van der Waals surface area contributed by atoms with Crippen molar-refractivity contribution in [3.8, 4) is 0 Å². The lowest BCUT2D eigenvalue weighted by Crippen LogP contribution is -2.27. The van der Waals surface area contributed by atoms with Crippen LogP contribution < -0.4 is 0 Å². The van der Waals surface area contributed by atoms with Crippen molar-refractivity contribution in [2.45, 2.75) is 37.7 Å². The van der Waals surface area contributed by atoms with Gasteiger partial charge in [0.25, 0.3) is 0 Å². The number of hydrogen-bond donors (Lipinski definition) is 0. The van der Waals surface area contributed by atoms with Crippen LogP contribution in [-0.4, -0.2) is 19.5 Å². The molecule has 18 heavy (non-hydrogen) atoms. The van der Waals surface area contributed by atoms with Gasteiger partial charge in [-0.25, -0.2) is 8.42 Å². The molecule has 2 rings (SSSR count). The molecule has 0 amide bonds. The molecule has 4 heteroatoms. The first-order valence-corrected chi connectivity index (χ1v) is 7.92. The Morgan fingerprint density at radius 2 is 1.94 bits per heavy atom. The summed E-state index contributed by atoms with van der Waals surface area (Å²) in [5.41, 5.74) is 1.82. The molecule has 0 aromatic heterocycles. The summed E-state index contributed by atoms with van der Waals surface area (Å²) in [6.07, 6.45) is 0.882. The molecule has 2 unspecified atom stereocenters. The maximum Gasteiger partial charge on any atom is 0.158 e. The average Bonchev–Trinajstić information content (AvgIpc) is 2.63. The normalized spacial score (nSPS) is 24.4. The highest BCUT2D eigenvalue weighted by molar-refractivity contribution is 7.91. The first-order chi connectivity index (χ1) is 8.42. The Kier molecular flexibility index (Phi) is 3.57. The number of aryl methyl sites for hydroxylation is 1. The number of sulfone groups is 1. The molecule has 0 spiro atoms. The molecule has 0 N–H and O–H groups in total. The van der Waals surface area contributed by atoms with E-state index in [4.69, 9.17) is 0 Å². The van der Waals surface area contributed by atoms with Crippen molar-refractivity contribution in [1.82, 2.24) is 0 Å². The highest BCUT2D eigenvalue weighted by Crippen LogP contribution is 2.30. The minimum atomic E-state index is -3.24. The van der Waals surface area contributed by atoms with Gasteiger partial charge in [-0.05, 0) is 24.5 Å². The van der Waals surface area contributed by atoms with Crippen LogP contribution in [0.3, 0.4) is 0 Å². The molecule has 98 valence electrons. The van der Waals surface area contributed by atoms with Crippen molar-refractivity contribution in [3.63, 3.8) is 0 Å². The second-order valence-corrected chi connectivity index (χ2v) is 7.29. The molecule has 2 atom stereocenters. The molecule has 1 aliphatic rings. The molecular formula is C14H18O3S. The summed E-state index contributed by atoms with van der Waals surface area (Å²) >= 11 is 0. The van der Waals surface area contributed by atoms with Crippen molar-refractivity contribution < 1.29 is 13.2 Å². The van der Waals surface area contributed by atoms with Crippen molar-refractivity contribution in [1.29, 1.82) is 0 Å². The summed E-state index contributed by atoms with van der Waals surface area (Å²) < 4.78 is 24.7. The van der Waals surface area contributed by atoms with E-state index in [-0.39, 0.29) is 17.5 Å². The Bertz CT molecular complexity index is 560. The van der Waals surface area contributed by atoms with Crippen molar-refractivity contribution in [2.24, 2.45) is 5.92 Å². The summed E-state index contributed by atoms with van der Waals surface area (Å²) in [5.74, 6) is -0.227. The topological polar surface area (TPSA) is 51.2 Å². The Hall–Kier alpha value is -1.16. The van der Waals surface area contributed by atoms with Crippen LogP contribution in [-0.2, 0) is 20.4 Å². The standard InChI is InChI=1S/C14H18O3S/c1-10-5-3-4-6-12(10)9-18(16,17)14-8-7-13(15)11(14)2/h3-6,11,14H,7-9H2,1-2H3. The van der Waals surface area contributed by atoms with E-state index < -0.39 is 15.1 Å². The molecular weight excluding hydrogens is 248 g/mol. The number of hydrogen-bond acceptors (Lipinski definition) is 3. The molecule has 0 radical (unpaired) electrons. The second kappa shape index (κ2) is 4.84. The average molecular weight is 266 g/mol. The highest BCUT2D eigenvalue weighted by atomic mass is 32.2. The molecule has 1 aromatic carbocycles. The van der Waals surface area contributed by atoms with Crippen LogP contribution in [0.5, 0.6) is 0 Å². The monoisotopic (exact) mass is 266 g/mol. The zero-order valence-electron chi connectivity index (χ0n) is 10.7. The second-order valence-electron chi connectivity index (χ2n) is 5.07. The van der Waals surface area contributed by atoms with Gasteiger partial charge in [0.05, 0.1) is 11.0 Å². The van der Waals surface area contributed by atoms with E-state index >= 15 is 0 Å². The van der Waals surface area contributed by atoms with Crippen LogP contribution in [0, 0.1) is 12.8 Å². The number of benzene rings is 1. The fourth-order valence-electron chi connectivity index (χ4n) is 2.56. The minimum Gasteiger partial charge on any atom is -0.299 e. The fraction of sp³-hybridized carbons (Fsp3) is 0.500. The van der Waals surface area contributed by atoms with Gasteiger partial charge >= 0.3 is 0 Å². The smallest absolute Gasteiger partial charge is 0.158 e. The molecule has 1 aromatic rings. The summed E-state index contributed by atoms with van der Waals surface area (Å²) in [5, 5.41) is -0.496. The number of Topliss-reactive ketones (excluding diaryl/α,β-unsaturated/α-hetero) is 1. The Morgan fingerprint density at radius 3 is 2.50 bits per heavy atom. The van der Waals surface area contributed by atoms with Crippen molar-refractivity contribution in [2.75, 3.05) is 0 Å². The Labute approximate surface area is 108 Å². The van der Waals surface area contributed by atoms with Crippen LogP contribution >= 0.6 is 0 Å². The summed E-state index contributed by atoms with van der Waals surface area (Å²) in [6.45, 7) is 3.64. The molecule has 1 fully saturated rings. The summed E-state index contributed by atoms with van der Waals surface area (Å²) in [4.78, 5) is 11.5. The highest BCUT2D eigenvalue weighted by Gasteiger charge is 2.39. The van der Waals surface area contributed by atoms with Crippen molar-refractivity contribution in [3.05, 3.63) is 35.4 Å². The summed E-state index contributed by atoms with van der Waals surface area (Å²) in [7, 11) is -3.24. The maximum atomic E-state index is 12.4. The van der Waals surface area contributed by atoms with Gasteiger partial charge in [-0.2, -0.15) is 0 Å². The van der Waals surface area contributed by atoms with E-state index in [1.807, 2.05) is 31.2 Å². The third-order valence-corrected chi connectivity index (χ3v) is 6.10. The zero-order chi connectivity index (χ0) is 13.3. The molecule has 1 saturated carbocycles. The predicted octanol–water partition coefficient (Wildman–Crippen LogP) is 2.28. The van der Waals surface area contributed by atoms with Gasteiger partial charge in [0.15, 0.2) is 9.84 Å². The third kappa shape index (κ3) is 2.48. The van der Waals surface area contributed by atoms with Gasteiger partial charge in [-0.15, -0.1) is 0 Å². The quantitative estimate of drug-likeness (QED) is 0.843. The molecule has 0 heterocycles. The number of rotatable bonds is 3. The molecule has 3 nitrogen and oxygen atoms in total. The largest absolute Gasteiger partial charge is 0.299 e. The van der Waals surface area contributed by atoms with E-state index in [0.717, 1.165) is 11.1 Å². The minimum absolute atomic E-state index is 0.0436. The number of carbonyl (C=O) groups is 1.